The van der Waals surface area contributed by atoms with Crippen molar-refractivity contribution in [2.45, 2.75) is 9.30 Å². The van der Waals surface area contributed by atoms with Gasteiger partial charge in [0, 0.05) is 12.0 Å². The molecule has 0 saturated carbocycles. The molecule has 0 radical (unpaired) electrons. The summed E-state index contributed by atoms with van der Waals surface area (Å²) >= 11 is 15.3. The van der Waals surface area contributed by atoms with Crippen molar-refractivity contribution in [3.05, 3.63) is 0 Å². The van der Waals surface area contributed by atoms with Crippen LogP contribution in [0.3, 0.4) is 0 Å². The molecule has 0 amide bonds. The van der Waals surface area contributed by atoms with Crippen molar-refractivity contribution in [3.8, 4) is 0 Å². The normalized spacial score (nSPS) is 13.6. The van der Waals surface area contributed by atoms with Crippen LogP contribution in [0.5, 0.6) is 0 Å². The van der Waals surface area contributed by atoms with Crippen molar-refractivity contribution < 1.29 is 17.4 Å². The third-order valence-corrected chi connectivity index (χ3v) is 1.37. The van der Waals surface area contributed by atoms with E-state index in [0.717, 1.165) is 0 Å². The van der Waals surface area contributed by atoms with Crippen LogP contribution in [0, 0.1) is 0 Å². The molecule has 0 aliphatic carbocycles. The van der Waals surface area contributed by atoms with Crippen molar-refractivity contribution in [3.63, 3.8) is 0 Å². The SMILES string of the molecule is FC(F)(F)COSC(Cl)(Cl)Cl. The lowest BCUT2D eigenvalue weighted by molar-refractivity contribution is -0.150. The van der Waals surface area contributed by atoms with Crippen molar-refractivity contribution in [2.24, 2.45) is 0 Å². The Bertz CT molecular complexity index is 108. The van der Waals surface area contributed by atoms with Gasteiger partial charge in [0.15, 0.2) is 6.61 Å². The van der Waals surface area contributed by atoms with Crippen LogP contribution in [-0.2, 0) is 4.18 Å². The van der Waals surface area contributed by atoms with Crippen LogP contribution in [-0.4, -0.2) is 15.9 Å². The Morgan fingerprint density at radius 1 is 1.18 bits per heavy atom. The molecule has 0 unspecified atom stereocenters. The average molecular weight is 249 g/mol. The van der Waals surface area contributed by atoms with Gasteiger partial charge in [0.05, 0.1) is 0 Å². The van der Waals surface area contributed by atoms with Crippen LogP contribution in [0.2, 0.25) is 0 Å². The van der Waals surface area contributed by atoms with Gasteiger partial charge in [0.25, 0.3) is 3.12 Å². The van der Waals surface area contributed by atoms with Crippen LogP contribution in [0.25, 0.3) is 0 Å². The van der Waals surface area contributed by atoms with Gasteiger partial charge in [0.1, 0.15) is 0 Å². The quantitative estimate of drug-likeness (QED) is 0.547. The minimum Gasteiger partial charge on any atom is -0.302 e. The predicted octanol–water partition coefficient (Wildman–Crippen LogP) is 3.54. The molecule has 0 bridgehead atoms. The van der Waals surface area contributed by atoms with Crippen LogP contribution < -0.4 is 0 Å². The molecule has 0 aromatic carbocycles. The molecule has 11 heavy (non-hydrogen) atoms. The number of halogens is 6. The molecule has 0 atom stereocenters. The van der Waals surface area contributed by atoms with E-state index in [1.54, 1.807) is 0 Å². The Labute approximate surface area is 80.3 Å². The van der Waals surface area contributed by atoms with Crippen LogP contribution in [0.4, 0.5) is 13.2 Å². The highest BCUT2D eigenvalue weighted by atomic mass is 35.6. The molecule has 0 heterocycles. The zero-order valence-corrected chi connectivity index (χ0v) is 7.88. The second-order valence-electron chi connectivity index (χ2n) is 1.41. The minimum absolute atomic E-state index is 0.137. The van der Waals surface area contributed by atoms with Crippen molar-refractivity contribution >= 4 is 46.8 Å². The molecule has 8 heteroatoms. The first kappa shape index (κ1) is 12.0. The van der Waals surface area contributed by atoms with Crippen molar-refractivity contribution in [1.82, 2.24) is 0 Å². The molecule has 0 aromatic rings. The fourth-order valence-corrected chi connectivity index (χ4v) is 0.890. The van der Waals surface area contributed by atoms with Gasteiger partial charge in [0.2, 0.25) is 0 Å². The van der Waals surface area contributed by atoms with Crippen LogP contribution in [0.15, 0.2) is 0 Å². The molecule has 0 saturated heterocycles. The Morgan fingerprint density at radius 2 is 1.64 bits per heavy atom. The zero-order chi connectivity index (χ0) is 9.12. The summed E-state index contributed by atoms with van der Waals surface area (Å²) in [6, 6.07) is 0. The summed E-state index contributed by atoms with van der Waals surface area (Å²) in [6.45, 7) is -1.44. The Kier molecular flexibility index (Phi) is 4.65. The molecule has 1 nitrogen and oxygen atoms in total. The maximum atomic E-state index is 11.4. The third-order valence-electron chi connectivity index (χ3n) is 0.376. The fraction of sp³-hybridized carbons (Fsp3) is 1.00. The number of hydrogen-bond donors (Lipinski definition) is 0. The van der Waals surface area contributed by atoms with E-state index in [4.69, 9.17) is 34.8 Å². The van der Waals surface area contributed by atoms with E-state index in [1.165, 1.54) is 0 Å². The summed E-state index contributed by atoms with van der Waals surface area (Å²) in [7, 11) is 0. The monoisotopic (exact) mass is 248 g/mol. The van der Waals surface area contributed by atoms with E-state index in [-0.39, 0.29) is 12.0 Å². The van der Waals surface area contributed by atoms with E-state index in [9.17, 15) is 13.2 Å². The molecule has 68 valence electrons. The lowest BCUT2D eigenvalue weighted by atomic mass is 10.7. The summed E-state index contributed by atoms with van der Waals surface area (Å²) in [6.07, 6.45) is -4.40. The lowest BCUT2D eigenvalue weighted by Crippen LogP contribution is -2.15. The largest absolute Gasteiger partial charge is 0.413 e. The van der Waals surface area contributed by atoms with Gasteiger partial charge in [-0.15, -0.1) is 0 Å². The predicted molar refractivity (Wildman–Crippen MR) is 39.9 cm³/mol. The van der Waals surface area contributed by atoms with E-state index in [1.807, 2.05) is 0 Å². The molecule has 0 aliphatic rings. The second-order valence-corrected chi connectivity index (χ2v) is 5.37. The third kappa shape index (κ3) is 11.0. The Morgan fingerprint density at radius 3 is 1.91 bits per heavy atom. The molecule has 0 rings (SSSR count). The van der Waals surface area contributed by atoms with E-state index >= 15 is 0 Å². The first-order valence-corrected chi connectivity index (χ1v) is 4.02. The maximum absolute atomic E-state index is 11.4. The van der Waals surface area contributed by atoms with E-state index in [0.29, 0.717) is 0 Å². The summed E-state index contributed by atoms with van der Waals surface area (Å²) < 4.78 is 36.2. The zero-order valence-electron chi connectivity index (χ0n) is 4.79. The highest BCUT2D eigenvalue weighted by Crippen LogP contribution is 2.39. The van der Waals surface area contributed by atoms with Gasteiger partial charge in [-0.1, -0.05) is 34.8 Å². The minimum atomic E-state index is -4.40. The van der Waals surface area contributed by atoms with Crippen LogP contribution in [0.1, 0.15) is 0 Å². The highest BCUT2D eigenvalue weighted by molar-refractivity contribution is 8.00. The fourth-order valence-electron chi connectivity index (χ4n) is 0.163. The number of rotatable bonds is 2. The maximum Gasteiger partial charge on any atom is 0.413 e. The molecule has 0 aliphatic heterocycles. The van der Waals surface area contributed by atoms with Crippen molar-refractivity contribution in [1.29, 1.82) is 0 Å². The topological polar surface area (TPSA) is 9.23 Å². The summed E-state index contributed by atoms with van der Waals surface area (Å²) in [5.74, 6) is 0. The summed E-state index contributed by atoms with van der Waals surface area (Å²) in [4.78, 5) is 0. The van der Waals surface area contributed by atoms with Gasteiger partial charge >= 0.3 is 6.18 Å². The van der Waals surface area contributed by atoms with Gasteiger partial charge < -0.3 is 4.18 Å². The van der Waals surface area contributed by atoms with Crippen LogP contribution >= 0.6 is 46.8 Å². The van der Waals surface area contributed by atoms with Gasteiger partial charge in [-0.3, -0.25) is 0 Å². The lowest BCUT2D eigenvalue weighted by Gasteiger charge is -2.10. The van der Waals surface area contributed by atoms with Gasteiger partial charge in [-0.05, 0) is 0 Å². The Hall–Kier alpha value is 0.970. The molecule has 0 spiro atoms. The Balaban J connectivity index is 3.44. The average Bonchev–Trinajstić information content (AvgIpc) is 1.55. The van der Waals surface area contributed by atoms with Gasteiger partial charge in [-0.25, -0.2) is 0 Å². The molecule has 0 fully saturated rings. The van der Waals surface area contributed by atoms with E-state index < -0.39 is 15.9 Å². The summed E-state index contributed by atoms with van der Waals surface area (Å²) in [5.41, 5.74) is 0. The molecule has 0 N–H and O–H groups in total. The summed E-state index contributed by atoms with van der Waals surface area (Å²) in [5, 5.41) is 0. The highest BCUT2D eigenvalue weighted by Gasteiger charge is 2.30. The van der Waals surface area contributed by atoms with Crippen molar-refractivity contribution in [2.75, 3.05) is 6.61 Å². The second kappa shape index (κ2) is 4.28. The number of hydrogen-bond acceptors (Lipinski definition) is 2. The first-order valence-electron chi connectivity index (χ1n) is 2.15. The van der Waals surface area contributed by atoms with Gasteiger partial charge in [-0.2, -0.15) is 13.2 Å². The smallest absolute Gasteiger partial charge is 0.302 e. The molecular weight excluding hydrogens is 247 g/mol. The number of alkyl halides is 6. The molecule has 0 aromatic heterocycles. The first-order chi connectivity index (χ1) is 4.71. The van der Waals surface area contributed by atoms with E-state index in [2.05, 4.69) is 4.18 Å². The molecular formula is C3H2Cl3F3OS. The standard InChI is InChI=1S/C3H2Cl3F3OS/c4-3(5,6)11-10-1-2(7,8)9/h1H2.